The molecule has 1 aliphatic rings. The van der Waals surface area contributed by atoms with Crippen LogP contribution in [0.3, 0.4) is 0 Å². The first-order valence-electron chi connectivity index (χ1n) is 8.75. The van der Waals surface area contributed by atoms with Crippen molar-refractivity contribution in [1.82, 2.24) is 24.6 Å². The van der Waals surface area contributed by atoms with E-state index in [4.69, 9.17) is 14.5 Å². The van der Waals surface area contributed by atoms with Crippen molar-refractivity contribution in [2.75, 3.05) is 13.2 Å². The largest absolute Gasteiger partial charge is 0.486 e. The lowest BCUT2D eigenvalue weighted by Crippen LogP contribution is -2.15. The number of ether oxygens (including phenoxy) is 2. The summed E-state index contributed by atoms with van der Waals surface area (Å²) in [6.45, 7) is 5.02. The van der Waals surface area contributed by atoms with E-state index in [9.17, 15) is 0 Å². The van der Waals surface area contributed by atoms with Crippen LogP contribution < -0.4 is 9.47 Å². The van der Waals surface area contributed by atoms with E-state index >= 15 is 0 Å². The first kappa shape index (κ1) is 15.7. The van der Waals surface area contributed by atoms with E-state index < -0.39 is 0 Å². The maximum atomic E-state index is 5.65. The van der Waals surface area contributed by atoms with Gasteiger partial charge in [0.15, 0.2) is 23.0 Å². The lowest BCUT2D eigenvalue weighted by atomic mass is 10.1. The molecule has 0 spiro atoms. The van der Waals surface area contributed by atoms with Crippen LogP contribution in [0.4, 0.5) is 0 Å². The van der Waals surface area contributed by atoms with Gasteiger partial charge in [-0.25, -0.2) is 14.5 Å². The van der Waals surface area contributed by atoms with Gasteiger partial charge in [-0.2, -0.15) is 0 Å². The van der Waals surface area contributed by atoms with E-state index in [0.717, 1.165) is 45.1 Å². The average Bonchev–Trinajstić information content (AvgIpc) is 3.13. The summed E-state index contributed by atoms with van der Waals surface area (Å²) < 4.78 is 13.1. The molecule has 134 valence electrons. The summed E-state index contributed by atoms with van der Waals surface area (Å²) in [7, 11) is 0. The summed E-state index contributed by atoms with van der Waals surface area (Å²) in [5.74, 6) is 2.13. The van der Waals surface area contributed by atoms with Gasteiger partial charge in [-0.05, 0) is 38.1 Å². The van der Waals surface area contributed by atoms with Gasteiger partial charge in [-0.1, -0.05) is 6.07 Å². The number of pyridine rings is 1. The molecule has 0 atom stereocenters. The van der Waals surface area contributed by atoms with Gasteiger partial charge < -0.3 is 9.47 Å². The molecule has 7 nitrogen and oxygen atoms in total. The highest BCUT2D eigenvalue weighted by molar-refractivity contribution is 5.84. The second-order valence-corrected chi connectivity index (χ2v) is 6.45. The van der Waals surface area contributed by atoms with Gasteiger partial charge in [0.1, 0.15) is 13.2 Å². The highest BCUT2D eigenvalue weighted by atomic mass is 16.6. The van der Waals surface area contributed by atoms with Crippen LogP contribution in [-0.4, -0.2) is 37.8 Å². The molecular formula is C20H17N5O2. The molecule has 0 aliphatic carbocycles. The van der Waals surface area contributed by atoms with Crippen molar-refractivity contribution in [3.8, 4) is 11.5 Å². The van der Waals surface area contributed by atoms with Crippen molar-refractivity contribution < 1.29 is 9.47 Å². The Kier molecular flexibility index (Phi) is 3.53. The molecule has 0 saturated carbocycles. The van der Waals surface area contributed by atoms with Crippen molar-refractivity contribution in [2.24, 2.45) is 0 Å². The van der Waals surface area contributed by atoms with Gasteiger partial charge in [0.25, 0.3) is 0 Å². The monoisotopic (exact) mass is 359 g/mol. The predicted molar refractivity (Wildman–Crippen MR) is 102 cm³/mol. The Morgan fingerprint density at radius 1 is 1.00 bits per heavy atom. The summed E-state index contributed by atoms with van der Waals surface area (Å²) in [5.41, 5.74) is 4.25. The van der Waals surface area contributed by atoms with E-state index in [2.05, 4.69) is 15.1 Å². The molecule has 1 aliphatic heterocycles. The molecule has 4 heterocycles. The average molecular weight is 359 g/mol. The Morgan fingerprint density at radius 3 is 2.63 bits per heavy atom. The SMILES string of the molecule is Cc1ncc(C)n2nc(C=Cc3ccc4cc5c(cc4n3)OCCO5)nc12. The number of fused-ring (bicyclic) bond motifs is 3. The smallest absolute Gasteiger partial charge is 0.177 e. The fourth-order valence-corrected chi connectivity index (χ4v) is 3.11. The normalized spacial score (nSPS) is 13.7. The second kappa shape index (κ2) is 6.05. The highest BCUT2D eigenvalue weighted by Crippen LogP contribution is 2.34. The van der Waals surface area contributed by atoms with Crippen molar-refractivity contribution in [3.05, 3.63) is 53.4 Å². The van der Waals surface area contributed by atoms with E-state index in [1.807, 2.05) is 50.3 Å². The molecule has 0 N–H and O–H groups in total. The molecule has 0 fully saturated rings. The standard InChI is InChI=1S/C20H17N5O2/c1-12-11-21-13(2)20-23-19(24-25(12)20)6-5-15-4-3-14-9-17-18(10-16(14)22-15)27-8-7-26-17/h3-6,9-11H,7-8H2,1-2H3. The predicted octanol–water partition coefficient (Wildman–Crippen LogP) is 3.23. The van der Waals surface area contributed by atoms with E-state index in [-0.39, 0.29) is 0 Å². The Balaban J connectivity index is 1.50. The molecule has 0 radical (unpaired) electrons. The van der Waals surface area contributed by atoms with Gasteiger partial charge in [0, 0.05) is 17.6 Å². The summed E-state index contributed by atoms with van der Waals surface area (Å²) >= 11 is 0. The van der Waals surface area contributed by atoms with Crippen molar-refractivity contribution in [2.45, 2.75) is 13.8 Å². The Labute approximate surface area is 155 Å². The van der Waals surface area contributed by atoms with E-state index in [1.54, 1.807) is 10.7 Å². The topological polar surface area (TPSA) is 74.4 Å². The molecule has 5 rings (SSSR count). The third kappa shape index (κ3) is 2.77. The third-order valence-electron chi connectivity index (χ3n) is 4.50. The molecule has 7 heteroatoms. The summed E-state index contributed by atoms with van der Waals surface area (Å²) in [5, 5.41) is 5.54. The number of hydrogen-bond acceptors (Lipinski definition) is 6. The van der Waals surface area contributed by atoms with Crippen LogP contribution >= 0.6 is 0 Å². The minimum atomic E-state index is 0.561. The zero-order valence-corrected chi connectivity index (χ0v) is 15.0. The zero-order chi connectivity index (χ0) is 18.4. The van der Waals surface area contributed by atoms with E-state index in [0.29, 0.717) is 19.0 Å². The first-order chi connectivity index (χ1) is 13.2. The maximum absolute atomic E-state index is 5.65. The lowest BCUT2D eigenvalue weighted by molar-refractivity contribution is 0.172. The van der Waals surface area contributed by atoms with Crippen LogP contribution in [-0.2, 0) is 0 Å². The van der Waals surface area contributed by atoms with Gasteiger partial charge >= 0.3 is 0 Å². The highest BCUT2D eigenvalue weighted by Gasteiger charge is 2.13. The molecular weight excluding hydrogens is 342 g/mol. The van der Waals surface area contributed by atoms with Crippen LogP contribution in [0, 0.1) is 13.8 Å². The Bertz CT molecular complexity index is 1170. The fourth-order valence-electron chi connectivity index (χ4n) is 3.11. The summed E-state index contributed by atoms with van der Waals surface area (Å²) in [6, 6.07) is 7.87. The van der Waals surface area contributed by atoms with Crippen molar-refractivity contribution in [1.29, 1.82) is 0 Å². The van der Waals surface area contributed by atoms with Gasteiger partial charge in [0.05, 0.1) is 22.6 Å². The zero-order valence-electron chi connectivity index (χ0n) is 15.0. The second-order valence-electron chi connectivity index (χ2n) is 6.45. The Hall–Kier alpha value is -3.48. The molecule has 0 bridgehead atoms. The van der Waals surface area contributed by atoms with Crippen molar-refractivity contribution >= 4 is 28.7 Å². The van der Waals surface area contributed by atoms with Crippen LogP contribution in [0.1, 0.15) is 22.9 Å². The molecule has 0 unspecified atom stereocenters. The van der Waals surface area contributed by atoms with Crippen LogP contribution in [0.15, 0.2) is 30.5 Å². The maximum Gasteiger partial charge on any atom is 0.177 e. The molecule has 27 heavy (non-hydrogen) atoms. The minimum absolute atomic E-state index is 0.561. The molecule has 4 aromatic rings. The number of aromatic nitrogens is 5. The molecule has 0 amide bonds. The summed E-state index contributed by atoms with van der Waals surface area (Å²) in [6.07, 6.45) is 5.56. The first-order valence-corrected chi connectivity index (χ1v) is 8.75. The van der Waals surface area contributed by atoms with Gasteiger partial charge in [-0.15, -0.1) is 5.10 Å². The third-order valence-corrected chi connectivity index (χ3v) is 4.50. The van der Waals surface area contributed by atoms with Crippen molar-refractivity contribution in [3.63, 3.8) is 0 Å². The fraction of sp³-hybridized carbons (Fsp3) is 0.200. The quantitative estimate of drug-likeness (QED) is 0.547. The number of aryl methyl sites for hydroxylation is 2. The lowest BCUT2D eigenvalue weighted by Gasteiger charge is -2.18. The number of rotatable bonds is 2. The summed E-state index contributed by atoms with van der Waals surface area (Å²) in [4.78, 5) is 13.6. The number of benzene rings is 1. The van der Waals surface area contributed by atoms with Crippen LogP contribution in [0.25, 0.3) is 28.7 Å². The number of nitrogens with zero attached hydrogens (tertiary/aromatic N) is 5. The van der Waals surface area contributed by atoms with Gasteiger partial charge in [-0.3, -0.25) is 4.98 Å². The number of hydrogen-bond donors (Lipinski definition) is 0. The van der Waals surface area contributed by atoms with Gasteiger partial charge in [0.2, 0.25) is 0 Å². The van der Waals surface area contributed by atoms with E-state index in [1.165, 1.54) is 0 Å². The minimum Gasteiger partial charge on any atom is -0.486 e. The Morgan fingerprint density at radius 2 is 1.81 bits per heavy atom. The van der Waals surface area contributed by atoms with Crippen LogP contribution in [0.5, 0.6) is 11.5 Å². The molecule has 0 saturated heterocycles. The molecule has 3 aromatic heterocycles. The molecule has 1 aromatic carbocycles. The van der Waals surface area contributed by atoms with Crippen LogP contribution in [0.2, 0.25) is 0 Å².